The van der Waals surface area contributed by atoms with Gasteiger partial charge in [-0.05, 0) is 18.2 Å². The molecule has 1 N–H and O–H groups in total. The van der Waals surface area contributed by atoms with Crippen LogP contribution in [0.25, 0.3) is 17.0 Å². The summed E-state index contributed by atoms with van der Waals surface area (Å²) in [6.07, 6.45) is 5.51. The van der Waals surface area contributed by atoms with E-state index in [-0.39, 0.29) is 30.2 Å². The smallest absolute Gasteiger partial charge is 0.190 e. The molecule has 0 bridgehead atoms. The first kappa shape index (κ1) is 13.6. The van der Waals surface area contributed by atoms with Gasteiger partial charge in [-0.1, -0.05) is 6.08 Å². The summed E-state index contributed by atoms with van der Waals surface area (Å²) in [5, 5.41) is 0.700. The summed E-state index contributed by atoms with van der Waals surface area (Å²) in [6.45, 7) is 0.573. The van der Waals surface area contributed by atoms with Crippen LogP contribution in [0, 0.1) is 0 Å². The predicted molar refractivity (Wildman–Crippen MR) is 73.6 cm³/mol. The second-order valence-corrected chi connectivity index (χ2v) is 3.46. The summed E-state index contributed by atoms with van der Waals surface area (Å²) in [5.41, 5.74) is 1.74. The molecule has 3 nitrogen and oxygen atoms in total. The lowest BCUT2D eigenvalue weighted by Crippen LogP contribution is -2.07. The Bertz CT molecular complexity index is 619. The van der Waals surface area contributed by atoms with E-state index >= 15 is 0 Å². The molecule has 2 heterocycles. The number of nitrogens with one attached hydrogen (secondary N) is 1. The minimum Gasteiger partial charge on any atom is -0.489 e. The van der Waals surface area contributed by atoms with E-state index in [2.05, 4.69) is 4.98 Å². The Balaban J connectivity index is 0.000000722. The third-order valence-corrected chi connectivity index (χ3v) is 2.55. The molecule has 5 heteroatoms. The SMILES string of the molecule is Cl.Cl.O=c1cc[nH]c2ccc3c(c12)C=CCO3. The molecular weight excluding hydrogens is 261 g/mol. The number of H-pyrrole nitrogens is 1. The summed E-state index contributed by atoms with van der Waals surface area (Å²) in [4.78, 5) is 14.8. The number of aromatic nitrogens is 1. The number of aromatic amines is 1. The standard InChI is InChI=1S/C12H9NO2.2ClH/c14-10-5-6-13-9-3-4-11-8(12(9)10)2-1-7-15-11;;/h1-6H,7H2,(H,13,14);2*1H. The van der Waals surface area contributed by atoms with E-state index in [0.717, 1.165) is 16.8 Å². The van der Waals surface area contributed by atoms with Crippen LogP contribution in [0.4, 0.5) is 0 Å². The van der Waals surface area contributed by atoms with E-state index in [1.807, 2.05) is 24.3 Å². The monoisotopic (exact) mass is 271 g/mol. The van der Waals surface area contributed by atoms with Crippen molar-refractivity contribution in [2.75, 3.05) is 6.61 Å². The van der Waals surface area contributed by atoms with Gasteiger partial charge in [-0.25, -0.2) is 0 Å². The van der Waals surface area contributed by atoms with Crippen molar-refractivity contribution in [3.63, 3.8) is 0 Å². The minimum atomic E-state index is 0. The van der Waals surface area contributed by atoms with Crippen molar-refractivity contribution in [2.24, 2.45) is 0 Å². The molecule has 0 fully saturated rings. The average Bonchev–Trinajstić information content (AvgIpc) is 2.29. The van der Waals surface area contributed by atoms with Crippen molar-refractivity contribution in [1.29, 1.82) is 0 Å². The Morgan fingerprint density at radius 3 is 2.82 bits per heavy atom. The first-order valence-corrected chi connectivity index (χ1v) is 4.80. The fourth-order valence-corrected chi connectivity index (χ4v) is 1.87. The lowest BCUT2D eigenvalue weighted by Gasteiger charge is -2.13. The highest BCUT2D eigenvalue weighted by Gasteiger charge is 2.11. The Morgan fingerprint density at radius 2 is 2.00 bits per heavy atom. The van der Waals surface area contributed by atoms with Crippen molar-refractivity contribution < 1.29 is 4.74 Å². The van der Waals surface area contributed by atoms with Gasteiger partial charge in [0, 0.05) is 17.8 Å². The Labute approximate surface area is 110 Å². The molecule has 0 radical (unpaired) electrons. The molecule has 17 heavy (non-hydrogen) atoms. The second kappa shape index (κ2) is 5.25. The number of hydrogen-bond donors (Lipinski definition) is 1. The van der Waals surface area contributed by atoms with Gasteiger partial charge in [-0.15, -0.1) is 24.8 Å². The van der Waals surface area contributed by atoms with Crippen LogP contribution < -0.4 is 10.2 Å². The van der Waals surface area contributed by atoms with Gasteiger partial charge < -0.3 is 9.72 Å². The van der Waals surface area contributed by atoms with Crippen molar-refractivity contribution in [3.05, 3.63) is 46.3 Å². The maximum absolute atomic E-state index is 11.7. The molecule has 1 aromatic heterocycles. The highest BCUT2D eigenvalue weighted by molar-refractivity contribution is 5.90. The van der Waals surface area contributed by atoms with E-state index in [1.54, 1.807) is 6.20 Å². The van der Waals surface area contributed by atoms with E-state index in [9.17, 15) is 4.79 Å². The van der Waals surface area contributed by atoms with Gasteiger partial charge in [0.1, 0.15) is 12.4 Å². The van der Waals surface area contributed by atoms with Crippen molar-refractivity contribution >= 4 is 41.8 Å². The van der Waals surface area contributed by atoms with E-state index in [0.29, 0.717) is 12.0 Å². The summed E-state index contributed by atoms with van der Waals surface area (Å²) >= 11 is 0. The van der Waals surface area contributed by atoms with Crippen molar-refractivity contribution in [2.45, 2.75) is 0 Å². The maximum Gasteiger partial charge on any atom is 0.190 e. The van der Waals surface area contributed by atoms with Crippen LogP contribution in [0.15, 0.2) is 35.3 Å². The molecule has 1 aliphatic heterocycles. The minimum absolute atomic E-state index is 0. The van der Waals surface area contributed by atoms with Crippen LogP contribution in [0.1, 0.15) is 5.56 Å². The number of benzene rings is 1. The molecule has 1 aromatic carbocycles. The molecule has 0 saturated carbocycles. The molecular formula is C12H11Cl2NO2. The highest BCUT2D eigenvalue weighted by atomic mass is 35.5. The topological polar surface area (TPSA) is 42.1 Å². The van der Waals surface area contributed by atoms with Crippen molar-refractivity contribution in [1.82, 2.24) is 4.98 Å². The summed E-state index contributed by atoms with van der Waals surface area (Å²) in [5.74, 6) is 0.779. The number of fused-ring (bicyclic) bond motifs is 3. The first-order valence-electron chi connectivity index (χ1n) is 4.80. The van der Waals surface area contributed by atoms with Crippen LogP contribution in [0.5, 0.6) is 5.75 Å². The lowest BCUT2D eigenvalue weighted by molar-refractivity contribution is 0.359. The normalized spacial score (nSPS) is 12.0. The molecule has 1 aliphatic rings. The fraction of sp³-hybridized carbons (Fsp3) is 0.0833. The van der Waals surface area contributed by atoms with Gasteiger partial charge in [0.05, 0.1) is 10.9 Å². The van der Waals surface area contributed by atoms with E-state index in [1.165, 1.54) is 6.07 Å². The first-order chi connectivity index (χ1) is 7.36. The quantitative estimate of drug-likeness (QED) is 0.801. The molecule has 0 amide bonds. The Kier molecular flexibility index (Phi) is 4.21. The van der Waals surface area contributed by atoms with Gasteiger partial charge in [0.15, 0.2) is 5.43 Å². The Morgan fingerprint density at radius 1 is 1.18 bits per heavy atom. The summed E-state index contributed by atoms with van der Waals surface area (Å²) < 4.78 is 5.45. The third kappa shape index (κ3) is 2.16. The lowest BCUT2D eigenvalue weighted by atomic mass is 10.1. The molecule has 0 saturated heterocycles. The molecule has 0 unspecified atom stereocenters. The predicted octanol–water partition coefficient (Wildman–Crippen LogP) is 2.78. The Hall–Kier alpha value is -1.45. The van der Waals surface area contributed by atoms with Crippen LogP contribution in [-0.4, -0.2) is 11.6 Å². The molecule has 90 valence electrons. The molecule has 2 aromatic rings. The van der Waals surface area contributed by atoms with Crippen LogP contribution in [-0.2, 0) is 0 Å². The largest absolute Gasteiger partial charge is 0.489 e. The number of hydrogen-bond acceptors (Lipinski definition) is 2. The van der Waals surface area contributed by atoms with E-state index in [4.69, 9.17) is 4.74 Å². The second-order valence-electron chi connectivity index (χ2n) is 3.46. The van der Waals surface area contributed by atoms with Crippen LogP contribution in [0.3, 0.4) is 0 Å². The zero-order valence-corrected chi connectivity index (χ0v) is 10.4. The number of halogens is 2. The van der Waals surface area contributed by atoms with Gasteiger partial charge in [-0.2, -0.15) is 0 Å². The maximum atomic E-state index is 11.7. The molecule has 3 rings (SSSR count). The number of pyridine rings is 1. The van der Waals surface area contributed by atoms with E-state index < -0.39 is 0 Å². The van der Waals surface area contributed by atoms with Crippen LogP contribution >= 0.6 is 24.8 Å². The molecule has 0 spiro atoms. The average molecular weight is 272 g/mol. The highest BCUT2D eigenvalue weighted by Crippen LogP contribution is 2.28. The molecule has 0 aliphatic carbocycles. The van der Waals surface area contributed by atoms with Gasteiger partial charge in [0.2, 0.25) is 0 Å². The number of ether oxygens (including phenoxy) is 1. The summed E-state index contributed by atoms with van der Waals surface area (Å²) in [7, 11) is 0. The van der Waals surface area contributed by atoms with Crippen LogP contribution in [0.2, 0.25) is 0 Å². The summed E-state index contributed by atoms with van der Waals surface area (Å²) in [6, 6.07) is 5.29. The zero-order valence-electron chi connectivity index (χ0n) is 8.80. The van der Waals surface area contributed by atoms with Crippen molar-refractivity contribution in [3.8, 4) is 5.75 Å². The third-order valence-electron chi connectivity index (χ3n) is 2.55. The number of rotatable bonds is 0. The zero-order chi connectivity index (χ0) is 10.3. The molecule has 0 atom stereocenters. The fourth-order valence-electron chi connectivity index (χ4n) is 1.87. The van der Waals surface area contributed by atoms with Gasteiger partial charge >= 0.3 is 0 Å². The van der Waals surface area contributed by atoms with Gasteiger partial charge in [-0.3, -0.25) is 4.79 Å². The van der Waals surface area contributed by atoms with Gasteiger partial charge in [0.25, 0.3) is 0 Å².